The van der Waals surface area contributed by atoms with Gasteiger partial charge in [0.25, 0.3) is 0 Å². The molecule has 2 aromatic rings. The summed E-state index contributed by atoms with van der Waals surface area (Å²) in [4.78, 5) is 2.58. The standard InChI is InChI=1S/C24H32N2/c1-18-6-8-19(9-7-18)12-21-14-24(25)17-26(16-21)15-20-10-11-22-4-2-3-5-23(22)13-20/h6-11,13,21,24H,2-5,12,14-17,25H2,1H3. The summed E-state index contributed by atoms with van der Waals surface area (Å²) in [6.07, 6.45) is 7.53. The summed E-state index contributed by atoms with van der Waals surface area (Å²) in [6.45, 7) is 5.39. The first kappa shape index (κ1) is 17.8. The average Bonchev–Trinajstić information content (AvgIpc) is 2.63. The van der Waals surface area contributed by atoms with E-state index in [2.05, 4.69) is 54.3 Å². The fourth-order valence-corrected chi connectivity index (χ4v) is 4.83. The molecule has 0 aromatic heterocycles. The normalized spacial score (nSPS) is 23.6. The van der Waals surface area contributed by atoms with Crippen LogP contribution in [0.2, 0.25) is 0 Å². The van der Waals surface area contributed by atoms with Crippen molar-refractivity contribution in [2.45, 2.75) is 58.0 Å². The summed E-state index contributed by atoms with van der Waals surface area (Å²) in [7, 11) is 0. The van der Waals surface area contributed by atoms with Crippen LogP contribution < -0.4 is 5.73 Å². The maximum Gasteiger partial charge on any atom is 0.0234 e. The Morgan fingerprint density at radius 2 is 1.65 bits per heavy atom. The fraction of sp³-hybridized carbons (Fsp3) is 0.500. The van der Waals surface area contributed by atoms with E-state index in [1.165, 1.54) is 48.9 Å². The average molecular weight is 349 g/mol. The van der Waals surface area contributed by atoms with Gasteiger partial charge in [0.2, 0.25) is 0 Å². The van der Waals surface area contributed by atoms with Crippen LogP contribution in [0.25, 0.3) is 0 Å². The van der Waals surface area contributed by atoms with Gasteiger partial charge in [0.1, 0.15) is 0 Å². The molecule has 1 fully saturated rings. The summed E-state index contributed by atoms with van der Waals surface area (Å²) in [5, 5.41) is 0. The molecule has 0 saturated carbocycles. The Morgan fingerprint density at radius 3 is 2.46 bits per heavy atom. The lowest BCUT2D eigenvalue weighted by Gasteiger charge is -2.36. The zero-order valence-electron chi connectivity index (χ0n) is 16.1. The van der Waals surface area contributed by atoms with E-state index >= 15 is 0 Å². The SMILES string of the molecule is Cc1ccc(CC2CC(N)CN(Cc3ccc4c(c3)CCCC4)C2)cc1. The first-order valence-corrected chi connectivity index (χ1v) is 10.3. The number of nitrogens with zero attached hydrogens (tertiary/aromatic N) is 1. The molecule has 2 aliphatic rings. The van der Waals surface area contributed by atoms with Crippen molar-refractivity contribution in [1.82, 2.24) is 4.90 Å². The summed E-state index contributed by atoms with van der Waals surface area (Å²) in [5.74, 6) is 0.666. The van der Waals surface area contributed by atoms with Gasteiger partial charge in [0.15, 0.2) is 0 Å². The number of piperidine rings is 1. The van der Waals surface area contributed by atoms with Crippen molar-refractivity contribution in [3.63, 3.8) is 0 Å². The lowest BCUT2D eigenvalue weighted by Crippen LogP contribution is -2.47. The third-order valence-corrected chi connectivity index (χ3v) is 6.11. The minimum Gasteiger partial charge on any atom is -0.327 e. The van der Waals surface area contributed by atoms with Gasteiger partial charge in [-0.3, -0.25) is 4.90 Å². The maximum absolute atomic E-state index is 6.42. The van der Waals surface area contributed by atoms with Crippen LogP contribution in [0.3, 0.4) is 0 Å². The van der Waals surface area contributed by atoms with Crippen molar-refractivity contribution < 1.29 is 0 Å². The number of hydrogen-bond acceptors (Lipinski definition) is 2. The Kier molecular flexibility index (Phi) is 5.42. The van der Waals surface area contributed by atoms with Crippen molar-refractivity contribution in [3.8, 4) is 0 Å². The first-order chi connectivity index (χ1) is 12.7. The third kappa shape index (κ3) is 4.36. The van der Waals surface area contributed by atoms with Crippen LogP contribution in [0, 0.1) is 12.8 Å². The maximum atomic E-state index is 6.42. The summed E-state index contributed by atoms with van der Waals surface area (Å²) < 4.78 is 0. The molecular formula is C24H32N2. The third-order valence-electron chi connectivity index (χ3n) is 6.11. The number of rotatable bonds is 4. The molecule has 0 bridgehead atoms. The monoisotopic (exact) mass is 348 g/mol. The van der Waals surface area contributed by atoms with Gasteiger partial charge in [-0.25, -0.2) is 0 Å². The minimum absolute atomic E-state index is 0.303. The molecule has 26 heavy (non-hydrogen) atoms. The highest BCUT2D eigenvalue weighted by atomic mass is 15.1. The summed E-state index contributed by atoms with van der Waals surface area (Å²) in [6, 6.07) is 16.5. The second kappa shape index (κ2) is 7.94. The fourth-order valence-electron chi connectivity index (χ4n) is 4.83. The van der Waals surface area contributed by atoms with Crippen molar-refractivity contribution in [2.24, 2.45) is 11.7 Å². The summed E-state index contributed by atoms with van der Waals surface area (Å²) >= 11 is 0. The van der Waals surface area contributed by atoms with Crippen LogP contribution in [0.5, 0.6) is 0 Å². The van der Waals surface area contributed by atoms with Crippen LogP contribution >= 0.6 is 0 Å². The Labute approximate surface area is 158 Å². The second-order valence-corrected chi connectivity index (χ2v) is 8.56. The molecule has 2 nitrogen and oxygen atoms in total. The van der Waals surface area contributed by atoms with Crippen molar-refractivity contribution in [1.29, 1.82) is 0 Å². The second-order valence-electron chi connectivity index (χ2n) is 8.56. The lowest BCUT2D eigenvalue weighted by molar-refractivity contribution is 0.149. The Balaban J connectivity index is 1.41. The molecule has 4 rings (SSSR count). The van der Waals surface area contributed by atoms with E-state index < -0.39 is 0 Å². The zero-order chi connectivity index (χ0) is 17.9. The highest BCUT2D eigenvalue weighted by molar-refractivity contribution is 5.34. The first-order valence-electron chi connectivity index (χ1n) is 10.3. The van der Waals surface area contributed by atoms with Gasteiger partial charge >= 0.3 is 0 Å². The van der Waals surface area contributed by atoms with Gasteiger partial charge in [-0.15, -0.1) is 0 Å². The Hall–Kier alpha value is -1.64. The van der Waals surface area contributed by atoms with Gasteiger partial charge in [-0.1, -0.05) is 48.0 Å². The number of likely N-dealkylation sites (tertiary alicyclic amines) is 1. The van der Waals surface area contributed by atoms with E-state index in [0.717, 1.165) is 25.9 Å². The Morgan fingerprint density at radius 1 is 0.923 bits per heavy atom. The molecule has 1 heterocycles. The number of benzene rings is 2. The summed E-state index contributed by atoms with van der Waals surface area (Å²) in [5.41, 5.74) is 13.8. The molecule has 0 radical (unpaired) electrons. The highest BCUT2D eigenvalue weighted by Crippen LogP contribution is 2.25. The lowest BCUT2D eigenvalue weighted by atomic mass is 9.88. The molecular weight excluding hydrogens is 316 g/mol. The van der Waals surface area contributed by atoms with Crippen LogP contribution in [-0.4, -0.2) is 24.0 Å². The number of fused-ring (bicyclic) bond motifs is 1. The van der Waals surface area contributed by atoms with E-state index in [-0.39, 0.29) is 0 Å². The van der Waals surface area contributed by atoms with Crippen molar-refractivity contribution in [3.05, 3.63) is 70.3 Å². The molecule has 0 amide bonds. The van der Waals surface area contributed by atoms with Crippen LogP contribution in [-0.2, 0) is 25.8 Å². The molecule has 2 aromatic carbocycles. The van der Waals surface area contributed by atoms with Gasteiger partial charge in [-0.05, 0) is 73.6 Å². The molecule has 2 heteroatoms. The van der Waals surface area contributed by atoms with E-state index in [0.29, 0.717) is 12.0 Å². The molecule has 2 N–H and O–H groups in total. The Bertz CT molecular complexity index is 734. The number of aryl methyl sites for hydroxylation is 3. The zero-order valence-corrected chi connectivity index (χ0v) is 16.1. The largest absolute Gasteiger partial charge is 0.327 e. The number of nitrogens with two attached hydrogens (primary N) is 1. The molecule has 2 atom stereocenters. The van der Waals surface area contributed by atoms with Crippen LogP contribution in [0.1, 0.15) is 47.1 Å². The molecule has 1 aliphatic carbocycles. The molecule has 138 valence electrons. The van der Waals surface area contributed by atoms with Crippen molar-refractivity contribution in [2.75, 3.05) is 13.1 Å². The highest BCUT2D eigenvalue weighted by Gasteiger charge is 2.25. The van der Waals surface area contributed by atoms with E-state index in [9.17, 15) is 0 Å². The number of hydrogen-bond donors (Lipinski definition) is 1. The van der Waals surface area contributed by atoms with Crippen LogP contribution in [0.4, 0.5) is 0 Å². The van der Waals surface area contributed by atoms with Gasteiger partial charge in [-0.2, -0.15) is 0 Å². The van der Waals surface area contributed by atoms with E-state index in [1.807, 2.05) is 0 Å². The minimum atomic E-state index is 0.303. The quantitative estimate of drug-likeness (QED) is 0.894. The molecule has 1 aliphatic heterocycles. The van der Waals surface area contributed by atoms with Gasteiger partial charge < -0.3 is 5.73 Å². The van der Waals surface area contributed by atoms with Crippen molar-refractivity contribution >= 4 is 0 Å². The smallest absolute Gasteiger partial charge is 0.0234 e. The molecule has 2 unspecified atom stereocenters. The predicted molar refractivity (Wildman–Crippen MR) is 109 cm³/mol. The molecule has 1 saturated heterocycles. The van der Waals surface area contributed by atoms with E-state index in [4.69, 9.17) is 5.73 Å². The topological polar surface area (TPSA) is 29.3 Å². The predicted octanol–water partition coefficient (Wildman–Crippen LogP) is 4.27. The van der Waals surface area contributed by atoms with Gasteiger partial charge in [0, 0.05) is 25.7 Å². The van der Waals surface area contributed by atoms with Crippen LogP contribution in [0.15, 0.2) is 42.5 Å². The molecule has 0 spiro atoms. The van der Waals surface area contributed by atoms with E-state index in [1.54, 1.807) is 11.1 Å². The van der Waals surface area contributed by atoms with Gasteiger partial charge in [0.05, 0.1) is 0 Å².